The third-order valence-corrected chi connectivity index (χ3v) is 2.80. The molecule has 2 heterocycles. The molecular formula is C13H17FN4O. The van der Waals surface area contributed by atoms with Gasteiger partial charge in [0.1, 0.15) is 5.76 Å². The van der Waals surface area contributed by atoms with Gasteiger partial charge < -0.3 is 14.6 Å². The molecule has 0 aliphatic carbocycles. The van der Waals surface area contributed by atoms with Gasteiger partial charge in [-0.3, -0.25) is 0 Å². The number of furan rings is 1. The Bertz CT molecular complexity index is 555. The molecule has 0 aromatic carbocycles. The van der Waals surface area contributed by atoms with E-state index in [1.165, 1.54) is 6.20 Å². The van der Waals surface area contributed by atoms with Gasteiger partial charge >= 0.3 is 0 Å². The number of nitrogens with zero attached hydrogens (tertiary/aromatic N) is 3. The molecular weight excluding hydrogens is 247 g/mol. The monoisotopic (exact) mass is 264 g/mol. The number of rotatable bonds is 5. The van der Waals surface area contributed by atoms with E-state index in [0.717, 1.165) is 11.3 Å². The van der Waals surface area contributed by atoms with E-state index in [1.54, 1.807) is 18.2 Å². The van der Waals surface area contributed by atoms with Crippen LogP contribution in [0.3, 0.4) is 0 Å². The Labute approximate surface area is 111 Å². The lowest BCUT2D eigenvalue weighted by Gasteiger charge is -2.18. The van der Waals surface area contributed by atoms with Crippen molar-refractivity contribution in [1.82, 2.24) is 9.97 Å². The second kappa shape index (κ2) is 5.69. The van der Waals surface area contributed by atoms with Gasteiger partial charge in [-0.25, -0.2) is 9.37 Å². The van der Waals surface area contributed by atoms with Crippen molar-refractivity contribution in [2.45, 2.75) is 20.4 Å². The van der Waals surface area contributed by atoms with Crippen LogP contribution in [0.5, 0.6) is 0 Å². The quantitative estimate of drug-likeness (QED) is 0.899. The van der Waals surface area contributed by atoms with Crippen LogP contribution in [0.4, 0.5) is 16.2 Å². The van der Waals surface area contributed by atoms with Crippen molar-refractivity contribution in [1.29, 1.82) is 0 Å². The third-order valence-electron chi connectivity index (χ3n) is 2.80. The van der Waals surface area contributed by atoms with E-state index in [2.05, 4.69) is 15.3 Å². The van der Waals surface area contributed by atoms with Gasteiger partial charge in [0, 0.05) is 25.7 Å². The van der Waals surface area contributed by atoms with Crippen molar-refractivity contribution in [3.05, 3.63) is 35.7 Å². The summed E-state index contributed by atoms with van der Waals surface area (Å²) in [7, 11) is 1.79. The molecule has 0 bridgehead atoms. The molecule has 5 nitrogen and oxygen atoms in total. The van der Waals surface area contributed by atoms with Crippen molar-refractivity contribution in [3.63, 3.8) is 0 Å². The molecule has 0 fully saturated rings. The maximum atomic E-state index is 13.8. The molecule has 0 unspecified atom stereocenters. The Morgan fingerprint density at radius 2 is 2.26 bits per heavy atom. The van der Waals surface area contributed by atoms with Crippen LogP contribution < -0.4 is 10.2 Å². The standard InChI is InChI=1S/C13H17FN4O/c1-4-15-13-16-7-11(14)12(17-13)18(3)8-10-5-6-19-9(10)2/h5-7H,4,8H2,1-3H3,(H,15,16,17). The van der Waals surface area contributed by atoms with Gasteiger partial charge in [-0.2, -0.15) is 4.98 Å². The van der Waals surface area contributed by atoms with E-state index in [-0.39, 0.29) is 5.82 Å². The highest BCUT2D eigenvalue weighted by Gasteiger charge is 2.13. The van der Waals surface area contributed by atoms with Crippen LogP contribution in [0, 0.1) is 12.7 Å². The zero-order valence-electron chi connectivity index (χ0n) is 11.3. The normalized spacial score (nSPS) is 10.5. The summed E-state index contributed by atoms with van der Waals surface area (Å²) in [6, 6.07) is 1.87. The van der Waals surface area contributed by atoms with E-state index >= 15 is 0 Å². The van der Waals surface area contributed by atoms with E-state index < -0.39 is 5.82 Å². The average Bonchev–Trinajstić information content (AvgIpc) is 2.77. The van der Waals surface area contributed by atoms with Crippen LogP contribution in [0.1, 0.15) is 18.2 Å². The summed E-state index contributed by atoms with van der Waals surface area (Å²) < 4.78 is 19.0. The Balaban J connectivity index is 2.20. The van der Waals surface area contributed by atoms with Gasteiger partial charge in [0.2, 0.25) is 5.95 Å². The first-order valence-corrected chi connectivity index (χ1v) is 6.12. The lowest BCUT2D eigenvalue weighted by atomic mass is 10.2. The summed E-state index contributed by atoms with van der Waals surface area (Å²) in [5, 5.41) is 2.97. The van der Waals surface area contributed by atoms with Gasteiger partial charge in [-0.15, -0.1) is 0 Å². The fourth-order valence-electron chi connectivity index (χ4n) is 1.77. The molecule has 0 saturated heterocycles. The Kier molecular flexibility index (Phi) is 3.99. The highest BCUT2D eigenvalue weighted by atomic mass is 19.1. The van der Waals surface area contributed by atoms with Crippen molar-refractivity contribution in [2.24, 2.45) is 0 Å². The first-order valence-electron chi connectivity index (χ1n) is 6.12. The van der Waals surface area contributed by atoms with Crippen molar-refractivity contribution < 1.29 is 8.81 Å². The summed E-state index contributed by atoms with van der Waals surface area (Å²) in [4.78, 5) is 9.79. The molecule has 6 heteroatoms. The van der Waals surface area contributed by atoms with E-state index in [9.17, 15) is 4.39 Å². The molecule has 2 rings (SSSR count). The smallest absolute Gasteiger partial charge is 0.224 e. The van der Waals surface area contributed by atoms with Crippen LogP contribution >= 0.6 is 0 Å². The molecule has 19 heavy (non-hydrogen) atoms. The Morgan fingerprint density at radius 1 is 1.47 bits per heavy atom. The van der Waals surface area contributed by atoms with Gasteiger partial charge in [-0.1, -0.05) is 0 Å². The number of anilines is 2. The van der Waals surface area contributed by atoms with Gasteiger partial charge in [-0.05, 0) is 19.9 Å². The van der Waals surface area contributed by atoms with Crippen molar-refractivity contribution in [3.8, 4) is 0 Å². The maximum absolute atomic E-state index is 13.8. The molecule has 0 radical (unpaired) electrons. The van der Waals surface area contributed by atoms with Crippen molar-refractivity contribution >= 4 is 11.8 Å². The number of hydrogen-bond acceptors (Lipinski definition) is 5. The number of aryl methyl sites for hydroxylation is 1. The highest BCUT2D eigenvalue weighted by Crippen LogP contribution is 2.19. The molecule has 0 aliphatic heterocycles. The summed E-state index contributed by atoms with van der Waals surface area (Å²) in [5.41, 5.74) is 1.01. The molecule has 0 amide bonds. The minimum absolute atomic E-state index is 0.270. The second-order valence-electron chi connectivity index (χ2n) is 4.25. The van der Waals surface area contributed by atoms with Crippen LogP contribution in [0.15, 0.2) is 22.9 Å². The number of hydrogen-bond donors (Lipinski definition) is 1. The molecule has 0 atom stereocenters. The minimum atomic E-state index is -0.440. The zero-order chi connectivity index (χ0) is 13.8. The third kappa shape index (κ3) is 3.01. The molecule has 0 aliphatic rings. The number of aromatic nitrogens is 2. The van der Waals surface area contributed by atoms with E-state index in [4.69, 9.17) is 4.42 Å². The zero-order valence-corrected chi connectivity index (χ0v) is 11.3. The first kappa shape index (κ1) is 13.3. The highest BCUT2D eigenvalue weighted by molar-refractivity contribution is 5.44. The van der Waals surface area contributed by atoms with Crippen LogP contribution in [0.25, 0.3) is 0 Å². The van der Waals surface area contributed by atoms with Crippen LogP contribution in [-0.2, 0) is 6.54 Å². The first-order chi connectivity index (χ1) is 9.11. The molecule has 2 aromatic rings. The summed E-state index contributed by atoms with van der Waals surface area (Å²) in [5.74, 6) is 1.08. The van der Waals surface area contributed by atoms with Gasteiger partial charge in [0.05, 0.1) is 12.5 Å². The van der Waals surface area contributed by atoms with Crippen LogP contribution in [0.2, 0.25) is 0 Å². The topological polar surface area (TPSA) is 54.2 Å². The largest absolute Gasteiger partial charge is 0.469 e. The lowest BCUT2D eigenvalue weighted by Crippen LogP contribution is -2.20. The number of halogens is 1. The van der Waals surface area contributed by atoms with Gasteiger partial charge in [0.15, 0.2) is 11.6 Å². The molecule has 102 valence electrons. The predicted molar refractivity (Wildman–Crippen MR) is 71.7 cm³/mol. The van der Waals surface area contributed by atoms with Crippen LogP contribution in [-0.4, -0.2) is 23.6 Å². The summed E-state index contributed by atoms with van der Waals surface area (Å²) in [6.07, 6.45) is 2.80. The lowest BCUT2D eigenvalue weighted by molar-refractivity contribution is 0.529. The van der Waals surface area contributed by atoms with Gasteiger partial charge in [0.25, 0.3) is 0 Å². The molecule has 0 saturated carbocycles. The Morgan fingerprint density at radius 3 is 2.89 bits per heavy atom. The Hall–Kier alpha value is -2.11. The summed E-state index contributed by atoms with van der Waals surface area (Å²) in [6.45, 7) is 5.03. The number of nitrogens with one attached hydrogen (secondary N) is 1. The van der Waals surface area contributed by atoms with E-state index in [0.29, 0.717) is 19.0 Å². The second-order valence-corrected chi connectivity index (χ2v) is 4.25. The van der Waals surface area contributed by atoms with Crippen molar-refractivity contribution in [2.75, 3.05) is 23.8 Å². The molecule has 1 N–H and O–H groups in total. The molecule has 0 spiro atoms. The maximum Gasteiger partial charge on any atom is 0.224 e. The summed E-state index contributed by atoms with van der Waals surface area (Å²) >= 11 is 0. The molecule has 2 aromatic heterocycles. The average molecular weight is 264 g/mol. The fraction of sp³-hybridized carbons (Fsp3) is 0.385. The SMILES string of the molecule is CCNc1ncc(F)c(N(C)Cc2ccoc2C)n1. The fourth-order valence-corrected chi connectivity index (χ4v) is 1.77. The minimum Gasteiger partial charge on any atom is -0.469 e. The predicted octanol–water partition coefficient (Wildman–Crippen LogP) is 2.59. The van der Waals surface area contributed by atoms with E-state index in [1.807, 2.05) is 19.9 Å².